The molecule has 0 saturated heterocycles. The topological polar surface area (TPSA) is 20.2 Å². The average molecular weight is 218 g/mol. The van der Waals surface area contributed by atoms with Crippen LogP contribution in [0.4, 0.5) is 0 Å². The van der Waals surface area contributed by atoms with Crippen LogP contribution in [0, 0.1) is 0 Å². The largest absolute Gasteiger partial charge is 0.388 e. The van der Waals surface area contributed by atoms with Crippen LogP contribution < -0.4 is 0 Å². The van der Waals surface area contributed by atoms with Crippen molar-refractivity contribution < 1.29 is 5.11 Å². The molecule has 0 radical (unpaired) electrons. The zero-order valence-corrected chi connectivity index (χ0v) is 11.0. The monoisotopic (exact) mass is 218 g/mol. The van der Waals surface area contributed by atoms with E-state index in [1.807, 2.05) is 0 Å². The summed E-state index contributed by atoms with van der Waals surface area (Å²) < 4.78 is 0. The van der Waals surface area contributed by atoms with E-state index in [9.17, 15) is 5.11 Å². The van der Waals surface area contributed by atoms with Gasteiger partial charge < -0.3 is 5.11 Å². The molecule has 0 saturated carbocycles. The van der Waals surface area contributed by atoms with Crippen LogP contribution in [0.25, 0.3) is 0 Å². The van der Waals surface area contributed by atoms with Crippen LogP contribution in [0.2, 0.25) is 0 Å². The molecule has 0 spiro atoms. The normalized spacial score (nSPS) is 23.2. The van der Waals surface area contributed by atoms with Gasteiger partial charge in [-0.1, -0.05) is 52.8 Å². The summed E-state index contributed by atoms with van der Waals surface area (Å²) in [6.45, 7) is 11.0. The van der Waals surface area contributed by atoms with Crippen molar-refractivity contribution in [1.29, 1.82) is 0 Å². The molecular weight excluding hydrogens is 196 g/mol. The van der Waals surface area contributed by atoms with E-state index in [4.69, 9.17) is 0 Å². The van der Waals surface area contributed by atoms with Gasteiger partial charge in [0.05, 0.1) is 6.10 Å². The summed E-state index contributed by atoms with van der Waals surface area (Å²) >= 11 is 0. The fourth-order valence-corrected chi connectivity index (χ4v) is 2.62. The Morgan fingerprint density at radius 2 is 1.88 bits per heavy atom. The molecule has 0 unspecified atom stereocenters. The molecule has 1 N–H and O–H groups in total. The first-order valence-corrected chi connectivity index (χ1v) is 6.05. The summed E-state index contributed by atoms with van der Waals surface area (Å²) in [4.78, 5) is 0. The van der Waals surface area contributed by atoms with Crippen LogP contribution >= 0.6 is 0 Å². The van der Waals surface area contributed by atoms with Crippen LogP contribution in [-0.2, 0) is 10.8 Å². The SMILES string of the molecule is CC(C)(C)c1ccc2c(c1)[C@H](O)CC2(C)C. The Hall–Kier alpha value is -0.820. The van der Waals surface area contributed by atoms with Gasteiger partial charge in [-0.15, -0.1) is 0 Å². The quantitative estimate of drug-likeness (QED) is 0.704. The molecule has 0 fully saturated rings. The molecule has 0 aromatic heterocycles. The Kier molecular flexibility index (Phi) is 2.43. The van der Waals surface area contributed by atoms with E-state index in [2.05, 4.69) is 52.8 Å². The Labute approximate surface area is 98.5 Å². The van der Waals surface area contributed by atoms with Gasteiger partial charge in [-0.3, -0.25) is 0 Å². The second-order valence-electron chi connectivity index (χ2n) is 6.66. The molecule has 1 heteroatoms. The van der Waals surface area contributed by atoms with E-state index in [1.54, 1.807) is 0 Å². The smallest absolute Gasteiger partial charge is 0.0801 e. The first-order chi connectivity index (χ1) is 7.22. The van der Waals surface area contributed by atoms with Crippen LogP contribution in [0.15, 0.2) is 18.2 Å². The number of aliphatic hydroxyl groups excluding tert-OH is 1. The summed E-state index contributed by atoms with van der Waals surface area (Å²) in [5, 5.41) is 10.1. The minimum atomic E-state index is -0.285. The molecule has 1 aliphatic carbocycles. The van der Waals surface area contributed by atoms with Crippen molar-refractivity contribution in [2.75, 3.05) is 0 Å². The molecule has 1 aromatic rings. The Morgan fingerprint density at radius 1 is 1.25 bits per heavy atom. The average Bonchev–Trinajstić information content (AvgIpc) is 2.36. The molecule has 1 atom stereocenters. The summed E-state index contributed by atoms with van der Waals surface area (Å²) in [7, 11) is 0. The molecule has 1 aromatic carbocycles. The number of hydrogen-bond acceptors (Lipinski definition) is 1. The predicted octanol–water partition coefficient (Wildman–Crippen LogP) is 3.70. The fourth-order valence-electron chi connectivity index (χ4n) is 2.62. The van der Waals surface area contributed by atoms with Gasteiger partial charge in [-0.05, 0) is 33.9 Å². The van der Waals surface area contributed by atoms with Crippen LogP contribution in [0.1, 0.15) is 63.8 Å². The van der Waals surface area contributed by atoms with Gasteiger partial charge in [0.25, 0.3) is 0 Å². The highest BCUT2D eigenvalue weighted by atomic mass is 16.3. The molecule has 0 amide bonds. The number of rotatable bonds is 0. The summed E-state index contributed by atoms with van der Waals surface area (Å²) in [6, 6.07) is 6.60. The Morgan fingerprint density at radius 3 is 2.44 bits per heavy atom. The maximum Gasteiger partial charge on any atom is 0.0801 e. The Balaban J connectivity index is 2.53. The van der Waals surface area contributed by atoms with Crippen molar-refractivity contribution in [2.45, 2.75) is 58.0 Å². The molecule has 1 nitrogen and oxygen atoms in total. The van der Waals surface area contributed by atoms with Crippen molar-refractivity contribution in [1.82, 2.24) is 0 Å². The van der Waals surface area contributed by atoms with Gasteiger partial charge in [-0.2, -0.15) is 0 Å². The van der Waals surface area contributed by atoms with Gasteiger partial charge >= 0.3 is 0 Å². The zero-order valence-electron chi connectivity index (χ0n) is 11.0. The fraction of sp³-hybridized carbons (Fsp3) is 0.600. The summed E-state index contributed by atoms with van der Waals surface area (Å²) in [5.74, 6) is 0. The third kappa shape index (κ3) is 1.78. The number of benzene rings is 1. The molecule has 88 valence electrons. The highest BCUT2D eigenvalue weighted by molar-refractivity contribution is 5.44. The van der Waals surface area contributed by atoms with Crippen LogP contribution in [0.3, 0.4) is 0 Å². The van der Waals surface area contributed by atoms with E-state index in [1.165, 1.54) is 11.1 Å². The number of fused-ring (bicyclic) bond motifs is 1. The predicted molar refractivity (Wildman–Crippen MR) is 67.7 cm³/mol. The van der Waals surface area contributed by atoms with Crippen molar-refractivity contribution >= 4 is 0 Å². The minimum Gasteiger partial charge on any atom is -0.388 e. The van der Waals surface area contributed by atoms with Crippen molar-refractivity contribution in [2.24, 2.45) is 0 Å². The lowest BCUT2D eigenvalue weighted by Gasteiger charge is -2.22. The third-order valence-electron chi connectivity index (χ3n) is 3.71. The van der Waals surface area contributed by atoms with Gasteiger partial charge in [0.2, 0.25) is 0 Å². The zero-order chi connectivity index (χ0) is 12.1. The van der Waals surface area contributed by atoms with E-state index in [0.717, 1.165) is 12.0 Å². The van der Waals surface area contributed by atoms with Gasteiger partial charge in [0.1, 0.15) is 0 Å². The first-order valence-electron chi connectivity index (χ1n) is 6.05. The maximum atomic E-state index is 10.1. The van der Waals surface area contributed by atoms with Crippen LogP contribution in [0.5, 0.6) is 0 Å². The van der Waals surface area contributed by atoms with E-state index in [0.29, 0.717) is 0 Å². The van der Waals surface area contributed by atoms with Gasteiger partial charge in [-0.25, -0.2) is 0 Å². The van der Waals surface area contributed by atoms with Crippen LogP contribution in [-0.4, -0.2) is 5.11 Å². The highest BCUT2D eigenvalue weighted by Crippen LogP contribution is 2.45. The van der Waals surface area contributed by atoms with E-state index in [-0.39, 0.29) is 16.9 Å². The highest BCUT2D eigenvalue weighted by Gasteiger charge is 2.36. The number of aliphatic hydroxyl groups is 1. The molecule has 1 aliphatic rings. The van der Waals surface area contributed by atoms with Crippen molar-refractivity contribution in [3.05, 3.63) is 34.9 Å². The van der Waals surface area contributed by atoms with E-state index < -0.39 is 0 Å². The molecule has 16 heavy (non-hydrogen) atoms. The summed E-state index contributed by atoms with van der Waals surface area (Å²) in [6.07, 6.45) is 0.558. The van der Waals surface area contributed by atoms with Gasteiger partial charge in [0, 0.05) is 0 Å². The lowest BCUT2D eigenvalue weighted by molar-refractivity contribution is 0.161. The standard InChI is InChI=1S/C15H22O/c1-14(2,3)10-6-7-12-11(8-10)13(16)9-15(12,4)5/h6-8,13,16H,9H2,1-5H3/t13-/m1/s1. The number of hydrogen-bond donors (Lipinski definition) is 1. The molecule has 0 heterocycles. The Bertz CT molecular complexity index is 410. The third-order valence-corrected chi connectivity index (χ3v) is 3.71. The van der Waals surface area contributed by atoms with Crippen molar-refractivity contribution in [3.63, 3.8) is 0 Å². The molecule has 0 bridgehead atoms. The molecule has 0 aliphatic heterocycles. The first kappa shape index (κ1) is 11.7. The molecule has 2 rings (SSSR count). The second-order valence-corrected chi connectivity index (χ2v) is 6.66. The lowest BCUT2D eigenvalue weighted by Crippen LogP contribution is -2.14. The summed E-state index contributed by atoms with van der Waals surface area (Å²) in [5.41, 5.74) is 4.03. The van der Waals surface area contributed by atoms with E-state index >= 15 is 0 Å². The molecular formula is C15H22O. The van der Waals surface area contributed by atoms with Gasteiger partial charge in [0.15, 0.2) is 0 Å². The maximum absolute atomic E-state index is 10.1. The second kappa shape index (κ2) is 3.33. The lowest BCUT2D eigenvalue weighted by atomic mass is 9.82. The van der Waals surface area contributed by atoms with Crippen molar-refractivity contribution in [3.8, 4) is 0 Å². The minimum absolute atomic E-state index is 0.116.